The van der Waals surface area contributed by atoms with E-state index < -0.39 is 0 Å². The van der Waals surface area contributed by atoms with Crippen LogP contribution in [0.2, 0.25) is 0 Å². The van der Waals surface area contributed by atoms with Crippen LogP contribution in [-0.2, 0) is 5.54 Å². The average Bonchev–Trinajstić information content (AvgIpc) is 2.30. The van der Waals surface area contributed by atoms with Crippen LogP contribution in [0, 0.1) is 0 Å². The molecule has 1 aliphatic rings. The molecule has 82 valence electrons. The molecule has 0 aromatic carbocycles. The number of aromatic nitrogens is 1. The molecule has 1 heterocycles. The Hall–Kier alpha value is -1.09. The summed E-state index contributed by atoms with van der Waals surface area (Å²) in [4.78, 5) is 11.8. The first-order chi connectivity index (χ1) is 7.28. The average molecular weight is 206 g/mol. The summed E-state index contributed by atoms with van der Waals surface area (Å²) in [5.41, 5.74) is 5.84. The van der Waals surface area contributed by atoms with Gasteiger partial charge in [0, 0.05) is 18.8 Å². The first-order valence-corrected chi connectivity index (χ1v) is 5.67. The molecular formula is C12H18N2O. The van der Waals surface area contributed by atoms with Gasteiger partial charge in [0.05, 0.1) is 5.54 Å². The molecular weight excluding hydrogens is 188 g/mol. The van der Waals surface area contributed by atoms with Crippen molar-refractivity contribution in [2.24, 2.45) is 5.73 Å². The van der Waals surface area contributed by atoms with Gasteiger partial charge in [-0.2, -0.15) is 0 Å². The van der Waals surface area contributed by atoms with E-state index in [2.05, 4.69) is 0 Å². The van der Waals surface area contributed by atoms with Gasteiger partial charge >= 0.3 is 0 Å². The molecule has 2 N–H and O–H groups in total. The molecule has 1 saturated carbocycles. The highest BCUT2D eigenvalue weighted by atomic mass is 16.1. The largest absolute Gasteiger partial charge is 0.328 e. The molecule has 1 aliphatic carbocycles. The van der Waals surface area contributed by atoms with E-state index in [1.807, 2.05) is 16.8 Å². The summed E-state index contributed by atoms with van der Waals surface area (Å²) in [7, 11) is 0. The number of nitrogens with two attached hydrogens (primary N) is 1. The van der Waals surface area contributed by atoms with E-state index in [9.17, 15) is 4.79 Å². The van der Waals surface area contributed by atoms with E-state index in [1.54, 1.807) is 12.1 Å². The van der Waals surface area contributed by atoms with Crippen LogP contribution in [-0.4, -0.2) is 11.1 Å². The highest BCUT2D eigenvalue weighted by Crippen LogP contribution is 2.32. The predicted molar refractivity (Wildman–Crippen MR) is 60.8 cm³/mol. The van der Waals surface area contributed by atoms with Crippen LogP contribution in [0.25, 0.3) is 0 Å². The van der Waals surface area contributed by atoms with Crippen LogP contribution in [0.3, 0.4) is 0 Å². The third-order valence-corrected chi connectivity index (χ3v) is 3.50. The monoisotopic (exact) mass is 206 g/mol. The molecule has 1 aromatic heterocycles. The van der Waals surface area contributed by atoms with Gasteiger partial charge < -0.3 is 10.3 Å². The Morgan fingerprint density at radius 3 is 2.60 bits per heavy atom. The second-order valence-corrected chi connectivity index (χ2v) is 4.40. The Bertz CT molecular complexity index is 377. The van der Waals surface area contributed by atoms with Crippen LogP contribution >= 0.6 is 0 Å². The smallest absolute Gasteiger partial charge is 0.251 e. The van der Waals surface area contributed by atoms with Crippen LogP contribution in [0.1, 0.15) is 32.1 Å². The van der Waals surface area contributed by atoms with E-state index in [0.29, 0.717) is 6.54 Å². The zero-order valence-electron chi connectivity index (χ0n) is 8.98. The van der Waals surface area contributed by atoms with Crippen molar-refractivity contribution in [2.75, 3.05) is 6.54 Å². The first kappa shape index (κ1) is 10.4. The number of pyridine rings is 1. The van der Waals surface area contributed by atoms with Crippen LogP contribution in [0.4, 0.5) is 0 Å². The van der Waals surface area contributed by atoms with Crippen molar-refractivity contribution < 1.29 is 0 Å². The van der Waals surface area contributed by atoms with Gasteiger partial charge in [0.2, 0.25) is 0 Å². The summed E-state index contributed by atoms with van der Waals surface area (Å²) >= 11 is 0. The van der Waals surface area contributed by atoms with Gasteiger partial charge in [-0.15, -0.1) is 0 Å². The minimum absolute atomic E-state index is 0.0739. The van der Waals surface area contributed by atoms with Gasteiger partial charge in [0.25, 0.3) is 5.56 Å². The van der Waals surface area contributed by atoms with Gasteiger partial charge in [0.15, 0.2) is 0 Å². The van der Waals surface area contributed by atoms with Crippen LogP contribution in [0.15, 0.2) is 29.2 Å². The maximum atomic E-state index is 11.8. The van der Waals surface area contributed by atoms with Gasteiger partial charge in [-0.3, -0.25) is 4.79 Å². The van der Waals surface area contributed by atoms with Gasteiger partial charge in [-0.05, 0) is 18.9 Å². The molecule has 1 aromatic rings. The van der Waals surface area contributed by atoms with Crippen molar-refractivity contribution in [1.29, 1.82) is 0 Å². The normalized spacial score (nSPS) is 20.1. The van der Waals surface area contributed by atoms with Gasteiger partial charge in [-0.25, -0.2) is 0 Å². The molecule has 0 saturated heterocycles. The molecule has 15 heavy (non-hydrogen) atoms. The van der Waals surface area contributed by atoms with Crippen molar-refractivity contribution in [2.45, 2.75) is 37.6 Å². The maximum Gasteiger partial charge on any atom is 0.251 e. The van der Waals surface area contributed by atoms with E-state index in [0.717, 1.165) is 12.8 Å². The molecule has 0 radical (unpaired) electrons. The predicted octanol–water partition coefficient (Wildman–Crippen LogP) is 1.47. The Morgan fingerprint density at radius 2 is 2.00 bits per heavy atom. The highest BCUT2D eigenvalue weighted by Gasteiger charge is 2.32. The van der Waals surface area contributed by atoms with Crippen LogP contribution < -0.4 is 11.3 Å². The number of hydrogen-bond donors (Lipinski definition) is 1. The molecule has 2 rings (SSSR count). The molecule has 0 bridgehead atoms. The standard InChI is InChI=1S/C12H18N2O/c13-10-12(7-3-1-4-8-12)14-9-5-2-6-11(14)15/h2,5-6,9H,1,3-4,7-8,10,13H2. The Labute approximate surface area is 89.9 Å². The summed E-state index contributed by atoms with van der Waals surface area (Å²) in [6.45, 7) is 0.566. The van der Waals surface area contributed by atoms with Crippen molar-refractivity contribution in [1.82, 2.24) is 4.57 Å². The molecule has 3 heteroatoms. The quantitative estimate of drug-likeness (QED) is 0.796. The number of hydrogen-bond acceptors (Lipinski definition) is 2. The zero-order chi connectivity index (χ0) is 10.7. The molecule has 0 amide bonds. The first-order valence-electron chi connectivity index (χ1n) is 5.67. The van der Waals surface area contributed by atoms with E-state index in [1.165, 1.54) is 19.3 Å². The van der Waals surface area contributed by atoms with E-state index >= 15 is 0 Å². The van der Waals surface area contributed by atoms with Gasteiger partial charge in [0.1, 0.15) is 0 Å². The number of nitrogens with zero attached hydrogens (tertiary/aromatic N) is 1. The lowest BCUT2D eigenvalue weighted by Crippen LogP contribution is -2.47. The molecule has 3 nitrogen and oxygen atoms in total. The SMILES string of the molecule is NCC1(n2ccccc2=O)CCCCC1. The molecule has 0 spiro atoms. The maximum absolute atomic E-state index is 11.8. The Balaban J connectivity index is 2.41. The van der Waals surface area contributed by atoms with Crippen molar-refractivity contribution >= 4 is 0 Å². The molecule has 0 atom stereocenters. The number of rotatable bonds is 2. The van der Waals surface area contributed by atoms with Crippen molar-refractivity contribution in [3.05, 3.63) is 34.7 Å². The summed E-state index contributed by atoms with van der Waals surface area (Å²) in [5.74, 6) is 0. The lowest BCUT2D eigenvalue weighted by atomic mass is 9.81. The van der Waals surface area contributed by atoms with E-state index in [-0.39, 0.29) is 11.1 Å². The summed E-state index contributed by atoms with van der Waals surface area (Å²) in [6.07, 6.45) is 7.57. The van der Waals surface area contributed by atoms with Crippen molar-refractivity contribution in [3.63, 3.8) is 0 Å². The highest BCUT2D eigenvalue weighted by molar-refractivity contribution is 5.01. The topological polar surface area (TPSA) is 48.0 Å². The third-order valence-electron chi connectivity index (χ3n) is 3.50. The lowest BCUT2D eigenvalue weighted by Gasteiger charge is -2.38. The molecule has 1 fully saturated rings. The van der Waals surface area contributed by atoms with Gasteiger partial charge in [-0.1, -0.05) is 25.3 Å². The minimum Gasteiger partial charge on any atom is -0.328 e. The van der Waals surface area contributed by atoms with E-state index in [4.69, 9.17) is 5.73 Å². The second kappa shape index (κ2) is 4.19. The fourth-order valence-electron chi connectivity index (χ4n) is 2.57. The second-order valence-electron chi connectivity index (χ2n) is 4.40. The Kier molecular flexibility index (Phi) is 2.91. The summed E-state index contributed by atoms with van der Waals surface area (Å²) in [5, 5.41) is 0. The third kappa shape index (κ3) is 1.84. The minimum atomic E-state index is -0.114. The summed E-state index contributed by atoms with van der Waals surface area (Å²) < 4.78 is 1.84. The lowest BCUT2D eigenvalue weighted by molar-refractivity contribution is 0.196. The van der Waals surface area contributed by atoms with Crippen molar-refractivity contribution in [3.8, 4) is 0 Å². The fraction of sp³-hybridized carbons (Fsp3) is 0.583. The Morgan fingerprint density at radius 1 is 1.27 bits per heavy atom. The summed E-state index contributed by atoms with van der Waals surface area (Å²) in [6, 6.07) is 5.31. The molecule has 0 unspecified atom stereocenters. The molecule has 0 aliphatic heterocycles. The zero-order valence-corrected chi connectivity index (χ0v) is 8.98. The van der Waals surface area contributed by atoms with Crippen LogP contribution in [0.5, 0.6) is 0 Å². The fourth-order valence-corrected chi connectivity index (χ4v) is 2.57.